The molecule has 0 radical (unpaired) electrons. The molecular weight excluding hydrogens is 454 g/mol. The molecular formula is C25H26ClN5O3. The number of furan rings is 1. The van der Waals surface area contributed by atoms with Crippen LogP contribution in [0.3, 0.4) is 0 Å². The largest absolute Gasteiger partial charge is 0.459 e. The smallest absolute Gasteiger partial charge is 0.290 e. The molecule has 1 saturated heterocycles. The lowest BCUT2D eigenvalue weighted by atomic mass is 10.1. The molecule has 1 aromatic carbocycles. The van der Waals surface area contributed by atoms with Gasteiger partial charge >= 0.3 is 0 Å². The standard InChI is InChI=1S/C25H26ClN5O3/c26-20-6-2-1-5-19(20)21-10-11-23(28-27-21)29-12-4-13-30(15-14-29)24(32)17-31(18-8-9-18)25(33)22-7-3-16-34-22/h1-3,5-7,10-11,16,18H,4,8-9,12-15,17H2. The van der Waals surface area contributed by atoms with Crippen molar-refractivity contribution in [2.24, 2.45) is 0 Å². The van der Waals surface area contributed by atoms with Crippen molar-refractivity contribution in [2.45, 2.75) is 25.3 Å². The van der Waals surface area contributed by atoms with Gasteiger partial charge in [-0.1, -0.05) is 29.8 Å². The number of rotatable bonds is 6. The number of nitrogens with zero attached hydrogens (tertiary/aromatic N) is 5. The molecule has 0 atom stereocenters. The van der Waals surface area contributed by atoms with Crippen molar-refractivity contribution in [3.63, 3.8) is 0 Å². The minimum atomic E-state index is -0.216. The van der Waals surface area contributed by atoms with Crippen LogP contribution in [0.5, 0.6) is 0 Å². The van der Waals surface area contributed by atoms with E-state index in [0.29, 0.717) is 24.7 Å². The molecule has 1 aliphatic carbocycles. The average molecular weight is 480 g/mol. The van der Waals surface area contributed by atoms with Gasteiger partial charge in [0.1, 0.15) is 6.54 Å². The van der Waals surface area contributed by atoms with E-state index < -0.39 is 0 Å². The lowest BCUT2D eigenvalue weighted by Gasteiger charge is -2.26. The van der Waals surface area contributed by atoms with E-state index in [9.17, 15) is 9.59 Å². The fourth-order valence-electron chi connectivity index (χ4n) is 4.24. The van der Waals surface area contributed by atoms with Gasteiger partial charge in [0, 0.05) is 37.8 Å². The van der Waals surface area contributed by atoms with Crippen LogP contribution in [-0.4, -0.2) is 70.6 Å². The number of halogens is 1. The molecule has 1 saturated carbocycles. The molecule has 34 heavy (non-hydrogen) atoms. The van der Waals surface area contributed by atoms with Crippen LogP contribution in [0, 0.1) is 0 Å². The maximum Gasteiger partial charge on any atom is 0.290 e. The molecule has 9 heteroatoms. The molecule has 2 aliphatic rings. The molecule has 2 aromatic heterocycles. The van der Waals surface area contributed by atoms with Gasteiger partial charge in [0.25, 0.3) is 5.91 Å². The summed E-state index contributed by atoms with van der Waals surface area (Å²) in [5.74, 6) is 0.804. The van der Waals surface area contributed by atoms with Gasteiger partial charge in [0.15, 0.2) is 11.6 Å². The van der Waals surface area contributed by atoms with Gasteiger partial charge in [-0.15, -0.1) is 10.2 Å². The second-order valence-corrected chi connectivity index (χ2v) is 9.03. The third-order valence-electron chi connectivity index (χ3n) is 6.26. The number of carbonyl (C=O) groups is 2. The van der Waals surface area contributed by atoms with Crippen LogP contribution in [0.1, 0.15) is 29.8 Å². The highest BCUT2D eigenvalue weighted by Gasteiger charge is 2.36. The topological polar surface area (TPSA) is 82.8 Å². The highest BCUT2D eigenvalue weighted by atomic mass is 35.5. The molecule has 3 aromatic rings. The minimum absolute atomic E-state index is 0.0335. The number of anilines is 1. The summed E-state index contributed by atoms with van der Waals surface area (Å²) in [6.45, 7) is 2.73. The van der Waals surface area contributed by atoms with Crippen LogP contribution < -0.4 is 4.90 Å². The Balaban J connectivity index is 1.21. The molecule has 5 rings (SSSR count). The fourth-order valence-corrected chi connectivity index (χ4v) is 4.48. The van der Waals surface area contributed by atoms with Gasteiger partial charge in [0.2, 0.25) is 5.91 Å². The van der Waals surface area contributed by atoms with Crippen molar-refractivity contribution >= 4 is 29.2 Å². The molecule has 0 N–H and O–H groups in total. The van der Waals surface area contributed by atoms with E-state index in [1.165, 1.54) is 6.26 Å². The SMILES string of the molecule is O=C(CN(C(=O)c1ccco1)C1CC1)N1CCCN(c2ccc(-c3ccccc3Cl)nn2)CC1. The summed E-state index contributed by atoms with van der Waals surface area (Å²) < 4.78 is 5.26. The van der Waals surface area contributed by atoms with Crippen LogP contribution in [0.25, 0.3) is 11.3 Å². The van der Waals surface area contributed by atoms with Crippen molar-refractivity contribution in [2.75, 3.05) is 37.6 Å². The Morgan fingerprint density at radius 2 is 1.85 bits per heavy atom. The Morgan fingerprint density at radius 1 is 1.00 bits per heavy atom. The zero-order valence-electron chi connectivity index (χ0n) is 18.8. The summed E-state index contributed by atoms with van der Waals surface area (Å²) >= 11 is 6.28. The summed E-state index contributed by atoms with van der Waals surface area (Å²) in [7, 11) is 0. The number of benzene rings is 1. The van der Waals surface area contributed by atoms with Crippen LogP contribution >= 0.6 is 11.6 Å². The van der Waals surface area contributed by atoms with Crippen LogP contribution in [0.15, 0.2) is 59.2 Å². The second kappa shape index (κ2) is 9.85. The van der Waals surface area contributed by atoms with Crippen molar-refractivity contribution in [3.05, 3.63) is 65.6 Å². The Bertz CT molecular complexity index is 1150. The highest BCUT2D eigenvalue weighted by molar-refractivity contribution is 6.33. The molecule has 2 amide bonds. The lowest BCUT2D eigenvalue weighted by Crippen LogP contribution is -2.45. The summed E-state index contributed by atoms with van der Waals surface area (Å²) in [5.41, 5.74) is 1.57. The zero-order chi connectivity index (χ0) is 23.5. The molecule has 0 spiro atoms. The minimum Gasteiger partial charge on any atom is -0.459 e. The van der Waals surface area contributed by atoms with Gasteiger partial charge in [-0.05, 0) is 49.6 Å². The zero-order valence-corrected chi connectivity index (χ0v) is 19.5. The maximum atomic E-state index is 13.1. The molecule has 176 valence electrons. The summed E-state index contributed by atoms with van der Waals surface area (Å²) in [6.07, 6.45) is 4.15. The van der Waals surface area contributed by atoms with Gasteiger partial charge in [0.05, 0.1) is 17.0 Å². The third kappa shape index (κ3) is 4.92. The lowest BCUT2D eigenvalue weighted by molar-refractivity contribution is -0.131. The number of amides is 2. The number of hydrogen-bond acceptors (Lipinski definition) is 6. The Morgan fingerprint density at radius 3 is 2.56 bits per heavy atom. The van der Waals surface area contributed by atoms with E-state index in [1.54, 1.807) is 17.0 Å². The van der Waals surface area contributed by atoms with Gasteiger partial charge in [-0.2, -0.15) is 0 Å². The first-order valence-corrected chi connectivity index (χ1v) is 11.9. The fraction of sp³-hybridized carbons (Fsp3) is 0.360. The van der Waals surface area contributed by atoms with Gasteiger partial charge in [-0.25, -0.2) is 0 Å². The monoisotopic (exact) mass is 479 g/mol. The van der Waals surface area contributed by atoms with Crippen LogP contribution in [0.2, 0.25) is 5.02 Å². The Kier molecular flexibility index (Phi) is 6.49. The van der Waals surface area contributed by atoms with E-state index in [4.69, 9.17) is 16.0 Å². The second-order valence-electron chi connectivity index (χ2n) is 8.62. The van der Waals surface area contributed by atoms with E-state index in [1.807, 2.05) is 41.3 Å². The van der Waals surface area contributed by atoms with Crippen LogP contribution in [-0.2, 0) is 4.79 Å². The van der Waals surface area contributed by atoms with Crippen molar-refractivity contribution < 1.29 is 14.0 Å². The Labute approximate surface area is 203 Å². The summed E-state index contributed by atoms with van der Waals surface area (Å²) in [4.78, 5) is 31.5. The molecule has 1 aliphatic heterocycles. The molecule has 3 heterocycles. The predicted molar refractivity (Wildman–Crippen MR) is 129 cm³/mol. The van der Waals surface area contributed by atoms with Crippen molar-refractivity contribution in [1.29, 1.82) is 0 Å². The average Bonchev–Trinajstić information content (AvgIpc) is 3.61. The third-order valence-corrected chi connectivity index (χ3v) is 6.59. The van der Waals surface area contributed by atoms with Crippen molar-refractivity contribution in [3.8, 4) is 11.3 Å². The maximum absolute atomic E-state index is 13.1. The molecule has 0 bridgehead atoms. The quantitative estimate of drug-likeness (QED) is 0.535. The van der Waals surface area contributed by atoms with E-state index in [2.05, 4.69) is 15.1 Å². The number of hydrogen-bond donors (Lipinski definition) is 0. The van der Waals surface area contributed by atoms with Crippen molar-refractivity contribution in [1.82, 2.24) is 20.0 Å². The van der Waals surface area contributed by atoms with Gasteiger partial charge < -0.3 is 19.1 Å². The molecule has 0 unspecified atom stereocenters. The van der Waals surface area contributed by atoms with E-state index >= 15 is 0 Å². The summed E-state index contributed by atoms with van der Waals surface area (Å²) in [6, 6.07) is 14.9. The first-order chi connectivity index (χ1) is 16.6. The van der Waals surface area contributed by atoms with Gasteiger partial charge in [-0.3, -0.25) is 9.59 Å². The number of aromatic nitrogens is 2. The highest BCUT2D eigenvalue weighted by Crippen LogP contribution is 2.29. The Hall–Kier alpha value is -3.39. The predicted octanol–water partition coefficient (Wildman–Crippen LogP) is 3.73. The van der Waals surface area contributed by atoms with E-state index in [0.717, 1.165) is 42.9 Å². The first-order valence-electron chi connectivity index (χ1n) is 11.6. The molecule has 2 fully saturated rings. The summed E-state index contributed by atoms with van der Waals surface area (Å²) in [5, 5.41) is 9.42. The number of carbonyl (C=O) groups excluding carboxylic acids is 2. The first kappa shape index (κ1) is 22.4. The van der Waals surface area contributed by atoms with Crippen LogP contribution in [0.4, 0.5) is 5.82 Å². The van der Waals surface area contributed by atoms with E-state index in [-0.39, 0.29) is 30.2 Å². The normalized spacial score (nSPS) is 16.3. The molecule has 8 nitrogen and oxygen atoms in total.